The summed E-state index contributed by atoms with van der Waals surface area (Å²) in [5.74, 6) is 0.0302. The van der Waals surface area contributed by atoms with E-state index in [4.69, 9.17) is 9.16 Å². The van der Waals surface area contributed by atoms with Crippen molar-refractivity contribution < 1.29 is 22.4 Å². The van der Waals surface area contributed by atoms with Crippen molar-refractivity contribution in [1.29, 1.82) is 0 Å². The minimum absolute atomic E-state index is 0.00350. The lowest BCUT2D eigenvalue weighted by molar-refractivity contribution is 0.0838. The molecule has 9 heteroatoms. The molecule has 3 aromatic carbocycles. The van der Waals surface area contributed by atoms with Crippen LogP contribution >= 0.6 is 0 Å². The number of sulfonamides is 1. The number of benzene rings is 3. The second kappa shape index (κ2) is 11.4. The maximum atomic E-state index is 14.4. The van der Waals surface area contributed by atoms with E-state index in [1.165, 1.54) is 4.31 Å². The average Bonchev–Trinajstić information content (AvgIpc) is 3.35. The van der Waals surface area contributed by atoms with Crippen LogP contribution in [0.25, 0.3) is 5.57 Å². The van der Waals surface area contributed by atoms with Crippen LogP contribution in [0, 0.1) is 6.92 Å². The summed E-state index contributed by atoms with van der Waals surface area (Å²) in [6.07, 6.45) is -0.225. The van der Waals surface area contributed by atoms with Crippen molar-refractivity contribution >= 4 is 30.0 Å². The number of nitrogens with zero attached hydrogens (tertiary/aromatic N) is 2. The van der Waals surface area contributed by atoms with Crippen molar-refractivity contribution in [3.8, 4) is 0 Å². The van der Waals surface area contributed by atoms with Gasteiger partial charge in [0.25, 0.3) is 10.0 Å². The van der Waals surface area contributed by atoms with Crippen molar-refractivity contribution in [1.82, 2.24) is 9.21 Å². The second-order valence-electron chi connectivity index (χ2n) is 12.6. The van der Waals surface area contributed by atoms with Crippen LogP contribution in [0.1, 0.15) is 43.9 Å². The Balaban J connectivity index is 1.73. The lowest BCUT2D eigenvalue weighted by atomic mass is 9.94. The first kappa shape index (κ1) is 30.1. The van der Waals surface area contributed by atoms with Crippen molar-refractivity contribution in [2.24, 2.45) is 0 Å². The molecule has 2 heterocycles. The van der Waals surface area contributed by atoms with Gasteiger partial charge in [0.1, 0.15) is 0 Å². The molecule has 42 heavy (non-hydrogen) atoms. The molecule has 2 aliphatic rings. The van der Waals surface area contributed by atoms with Crippen molar-refractivity contribution in [3.05, 3.63) is 108 Å². The van der Waals surface area contributed by atoms with Crippen molar-refractivity contribution in [3.63, 3.8) is 0 Å². The third kappa shape index (κ3) is 5.78. The highest BCUT2D eigenvalue weighted by molar-refractivity contribution is 7.89. The molecule has 5 rings (SSSR count). The normalized spacial score (nSPS) is 19.5. The molecule has 0 unspecified atom stereocenters. The highest BCUT2D eigenvalue weighted by Gasteiger charge is 2.51. The molecule has 0 aromatic heterocycles. The molecular formula is C33H40N2O5SSi. The second-order valence-corrected chi connectivity index (χ2v) is 19.2. The number of rotatable bonds is 8. The van der Waals surface area contributed by atoms with Gasteiger partial charge >= 0.3 is 6.09 Å². The molecule has 0 aliphatic carbocycles. The number of aryl methyl sites for hydroxylation is 1. The fraction of sp³-hybridized carbons (Fsp3) is 0.364. The van der Waals surface area contributed by atoms with Gasteiger partial charge in [-0.15, -0.1) is 0 Å². The zero-order valence-electron chi connectivity index (χ0n) is 25.2. The molecule has 2 aliphatic heterocycles. The van der Waals surface area contributed by atoms with Crippen LogP contribution in [0.2, 0.25) is 18.1 Å². The van der Waals surface area contributed by atoms with Crippen LogP contribution in [0.15, 0.2) is 95.7 Å². The minimum atomic E-state index is -4.14. The van der Waals surface area contributed by atoms with Gasteiger partial charge in [-0.1, -0.05) is 99.1 Å². The first-order chi connectivity index (χ1) is 19.8. The highest BCUT2D eigenvalue weighted by Crippen LogP contribution is 2.45. The largest absolute Gasteiger partial charge is 0.417 e. The predicted molar refractivity (Wildman–Crippen MR) is 167 cm³/mol. The zero-order valence-corrected chi connectivity index (χ0v) is 27.0. The summed E-state index contributed by atoms with van der Waals surface area (Å²) in [5.41, 5.74) is 3.15. The van der Waals surface area contributed by atoms with E-state index in [0.717, 1.165) is 16.7 Å². The van der Waals surface area contributed by atoms with E-state index in [1.807, 2.05) is 67.6 Å². The molecule has 1 fully saturated rings. The summed E-state index contributed by atoms with van der Waals surface area (Å²) in [7, 11) is -6.37. The number of amides is 1. The molecule has 0 radical (unpaired) electrons. The van der Waals surface area contributed by atoms with E-state index >= 15 is 0 Å². The molecule has 0 bridgehead atoms. The lowest BCUT2D eigenvalue weighted by Gasteiger charge is -2.43. The van der Waals surface area contributed by atoms with Crippen LogP contribution in [0.3, 0.4) is 0 Å². The van der Waals surface area contributed by atoms with E-state index in [9.17, 15) is 13.2 Å². The third-order valence-electron chi connectivity index (χ3n) is 8.63. The maximum absolute atomic E-state index is 14.4. The number of hydrogen-bond acceptors (Lipinski definition) is 5. The monoisotopic (exact) mass is 604 g/mol. The summed E-state index contributed by atoms with van der Waals surface area (Å²) >= 11 is 0. The average molecular weight is 605 g/mol. The molecule has 0 saturated carbocycles. The Kier molecular flexibility index (Phi) is 8.13. The van der Waals surface area contributed by atoms with Gasteiger partial charge in [0.15, 0.2) is 8.32 Å². The van der Waals surface area contributed by atoms with Gasteiger partial charge in [-0.25, -0.2) is 17.5 Å². The van der Waals surface area contributed by atoms with Gasteiger partial charge in [-0.05, 0) is 54.7 Å². The molecule has 0 N–H and O–H groups in total. The van der Waals surface area contributed by atoms with E-state index in [-0.39, 0.29) is 28.5 Å². The van der Waals surface area contributed by atoms with Gasteiger partial charge < -0.3 is 9.16 Å². The van der Waals surface area contributed by atoms with Gasteiger partial charge in [-0.3, -0.25) is 4.90 Å². The summed E-state index contributed by atoms with van der Waals surface area (Å²) in [6, 6.07) is 25.2. The van der Waals surface area contributed by atoms with Crippen LogP contribution in [0.4, 0.5) is 4.79 Å². The Morgan fingerprint density at radius 1 is 0.952 bits per heavy atom. The van der Waals surface area contributed by atoms with Gasteiger partial charge in [0.05, 0.1) is 23.6 Å². The SMILES string of the molecule is Cc1ccc(S(=O)(=O)N(Cc2ccccc2)C2=C(c3ccccc3)[C@@H]3[C@@H](O[Si](C)(C)C(C)(C)C)CCN3C(=O)O2)cc1. The standard InChI is InChI=1S/C33H40N2O5SSi/c1-24-17-19-27(20-18-24)41(37,38)35(23-25-13-9-7-10-14-25)31-29(26-15-11-8-12-16-26)30-28(21-22-34(30)32(36)39-31)40-42(5,6)33(2,3)4/h7-20,28,30H,21-23H2,1-6H3/t28-,30-/m0/s1. The first-order valence-corrected chi connectivity index (χ1v) is 18.7. The number of hydrogen-bond donors (Lipinski definition) is 0. The smallest absolute Gasteiger partial charge is 0.411 e. The lowest BCUT2D eigenvalue weighted by Crippen LogP contribution is -2.52. The number of cyclic esters (lactones) is 1. The van der Waals surface area contributed by atoms with Crippen molar-refractivity contribution in [2.45, 2.75) is 75.8 Å². The van der Waals surface area contributed by atoms with Gasteiger partial charge in [0, 0.05) is 12.1 Å². The van der Waals surface area contributed by atoms with E-state index < -0.39 is 30.5 Å². The van der Waals surface area contributed by atoms with Crippen LogP contribution in [-0.4, -0.2) is 50.7 Å². The molecule has 1 amide bonds. The fourth-order valence-electron chi connectivity index (χ4n) is 5.26. The van der Waals surface area contributed by atoms with Gasteiger partial charge in [-0.2, -0.15) is 0 Å². The summed E-state index contributed by atoms with van der Waals surface area (Å²) in [6.45, 7) is 13.4. The minimum Gasteiger partial charge on any atom is -0.411 e. The number of carbonyl (C=O) groups excluding carboxylic acids is 1. The van der Waals surface area contributed by atoms with E-state index in [0.29, 0.717) is 18.5 Å². The molecular weight excluding hydrogens is 565 g/mol. The van der Waals surface area contributed by atoms with Crippen LogP contribution in [-0.2, 0) is 25.7 Å². The Morgan fingerprint density at radius 3 is 2.14 bits per heavy atom. The van der Waals surface area contributed by atoms with Gasteiger partial charge in [0.2, 0.25) is 5.88 Å². The van der Waals surface area contributed by atoms with E-state index in [1.54, 1.807) is 29.2 Å². The number of ether oxygens (including phenoxy) is 1. The molecule has 3 aromatic rings. The highest BCUT2D eigenvalue weighted by atomic mass is 32.2. The Bertz CT molecular complexity index is 1570. The molecule has 1 saturated heterocycles. The first-order valence-electron chi connectivity index (χ1n) is 14.4. The fourth-order valence-corrected chi connectivity index (χ4v) is 8.03. The number of carbonyl (C=O) groups is 1. The summed E-state index contributed by atoms with van der Waals surface area (Å²) in [4.78, 5) is 15.5. The molecule has 222 valence electrons. The molecule has 0 spiro atoms. The van der Waals surface area contributed by atoms with E-state index in [2.05, 4.69) is 33.9 Å². The maximum Gasteiger partial charge on any atom is 0.417 e. The molecule has 7 nitrogen and oxygen atoms in total. The van der Waals surface area contributed by atoms with Crippen LogP contribution < -0.4 is 0 Å². The predicted octanol–water partition coefficient (Wildman–Crippen LogP) is 7.17. The molecule has 2 atom stereocenters. The Morgan fingerprint density at radius 2 is 1.55 bits per heavy atom. The number of fused-ring (bicyclic) bond motifs is 1. The third-order valence-corrected chi connectivity index (χ3v) is 14.9. The topological polar surface area (TPSA) is 76.2 Å². The van der Waals surface area contributed by atoms with Crippen LogP contribution in [0.5, 0.6) is 0 Å². The Hall–Kier alpha value is -3.40. The zero-order chi connectivity index (χ0) is 30.3. The summed E-state index contributed by atoms with van der Waals surface area (Å²) in [5, 5.41) is -0.0385. The summed E-state index contributed by atoms with van der Waals surface area (Å²) < 4.78 is 43.1. The van der Waals surface area contributed by atoms with Crippen molar-refractivity contribution in [2.75, 3.05) is 6.54 Å². The quantitative estimate of drug-likeness (QED) is 0.255. The Labute approximate surface area is 250 Å².